The highest BCUT2D eigenvalue weighted by atomic mass is 35.5. The van der Waals surface area contributed by atoms with Gasteiger partial charge in [-0.15, -0.1) is 0 Å². The van der Waals surface area contributed by atoms with E-state index in [1.807, 2.05) is 62.4 Å². The number of rotatable bonds is 7. The van der Waals surface area contributed by atoms with Crippen molar-refractivity contribution in [1.82, 2.24) is 5.32 Å². The minimum absolute atomic E-state index is 0.209. The maximum absolute atomic E-state index is 13.3. The standard InChI is InChI=1S/C31H25ClN2O5/c1-3-38-27-17-20(15-25-29(35)33-31(37)34(30(25)36)23-12-6-8-19(2)14-23)16-26(32)28(27)39-18-22-11-7-10-21-9-4-5-13-24(21)22/h4-17H,3,18H2,1-2H3,(H,33,35,37)/b25-15+. The van der Waals surface area contributed by atoms with E-state index < -0.39 is 17.8 Å². The Kier molecular flexibility index (Phi) is 7.34. The number of hydrogen-bond acceptors (Lipinski definition) is 5. The van der Waals surface area contributed by atoms with Crippen LogP contribution in [0.1, 0.15) is 23.6 Å². The lowest BCUT2D eigenvalue weighted by atomic mass is 10.0. The van der Waals surface area contributed by atoms with Crippen LogP contribution >= 0.6 is 11.6 Å². The van der Waals surface area contributed by atoms with E-state index in [4.69, 9.17) is 21.1 Å². The number of imide groups is 2. The van der Waals surface area contributed by atoms with Crippen molar-refractivity contribution in [2.75, 3.05) is 11.5 Å². The maximum Gasteiger partial charge on any atom is 0.335 e. The number of amides is 4. The predicted molar refractivity (Wildman–Crippen MR) is 151 cm³/mol. The van der Waals surface area contributed by atoms with E-state index in [1.54, 1.807) is 30.3 Å². The summed E-state index contributed by atoms with van der Waals surface area (Å²) in [6, 6.07) is 23.4. The average molecular weight is 541 g/mol. The molecule has 0 radical (unpaired) electrons. The lowest BCUT2D eigenvalue weighted by molar-refractivity contribution is -0.122. The molecule has 1 aliphatic rings. The van der Waals surface area contributed by atoms with E-state index in [9.17, 15) is 14.4 Å². The summed E-state index contributed by atoms with van der Waals surface area (Å²) in [4.78, 5) is 39.4. The summed E-state index contributed by atoms with van der Waals surface area (Å²) in [6.45, 7) is 4.28. The maximum atomic E-state index is 13.3. The molecule has 4 amide bonds. The number of ether oxygens (including phenoxy) is 2. The van der Waals surface area contributed by atoms with Crippen LogP contribution in [0.15, 0.2) is 84.4 Å². The molecule has 0 spiro atoms. The molecule has 0 saturated carbocycles. The van der Waals surface area contributed by atoms with Crippen molar-refractivity contribution >= 4 is 52.0 Å². The third-order valence-corrected chi connectivity index (χ3v) is 6.54. The topological polar surface area (TPSA) is 84.9 Å². The van der Waals surface area contributed by atoms with Crippen molar-refractivity contribution in [3.63, 3.8) is 0 Å². The molecule has 8 heteroatoms. The largest absolute Gasteiger partial charge is 0.490 e. The van der Waals surface area contributed by atoms with E-state index in [0.29, 0.717) is 29.4 Å². The second-order valence-corrected chi connectivity index (χ2v) is 9.39. The second-order valence-electron chi connectivity index (χ2n) is 8.99. The second kappa shape index (κ2) is 11.0. The number of nitrogens with zero attached hydrogens (tertiary/aromatic N) is 1. The first kappa shape index (κ1) is 26.0. The first-order valence-electron chi connectivity index (χ1n) is 12.4. The Morgan fingerprint density at radius 1 is 0.923 bits per heavy atom. The van der Waals surface area contributed by atoms with Crippen LogP contribution < -0.4 is 19.7 Å². The summed E-state index contributed by atoms with van der Waals surface area (Å²) in [5.74, 6) is -0.809. The lowest BCUT2D eigenvalue weighted by Crippen LogP contribution is -2.54. The van der Waals surface area contributed by atoms with E-state index in [0.717, 1.165) is 26.8 Å². The molecule has 1 heterocycles. The number of carbonyl (C=O) groups is 3. The van der Waals surface area contributed by atoms with Crippen molar-refractivity contribution in [3.05, 3.63) is 106 Å². The first-order valence-corrected chi connectivity index (χ1v) is 12.8. The average Bonchev–Trinajstić information content (AvgIpc) is 2.91. The van der Waals surface area contributed by atoms with E-state index in [2.05, 4.69) is 5.32 Å². The highest BCUT2D eigenvalue weighted by Crippen LogP contribution is 2.38. The number of nitrogens with one attached hydrogen (secondary N) is 1. The van der Waals surface area contributed by atoms with Gasteiger partial charge in [-0.3, -0.25) is 14.9 Å². The highest BCUT2D eigenvalue weighted by Gasteiger charge is 2.37. The number of aryl methyl sites for hydroxylation is 1. The molecule has 0 aliphatic carbocycles. The van der Waals surface area contributed by atoms with Gasteiger partial charge in [0, 0.05) is 0 Å². The molecule has 0 atom stereocenters. The Bertz CT molecular complexity index is 1640. The number of hydrogen-bond donors (Lipinski definition) is 1. The van der Waals surface area contributed by atoms with Gasteiger partial charge in [-0.05, 0) is 71.7 Å². The van der Waals surface area contributed by atoms with Crippen LogP contribution in [-0.4, -0.2) is 24.5 Å². The number of urea groups is 1. The number of benzene rings is 4. The molecule has 0 bridgehead atoms. The zero-order valence-electron chi connectivity index (χ0n) is 21.4. The van der Waals surface area contributed by atoms with Crippen LogP contribution in [0.4, 0.5) is 10.5 Å². The molecule has 0 aromatic heterocycles. The van der Waals surface area contributed by atoms with Gasteiger partial charge in [0.1, 0.15) is 12.2 Å². The van der Waals surface area contributed by atoms with Crippen LogP contribution in [0.2, 0.25) is 5.02 Å². The van der Waals surface area contributed by atoms with Crippen molar-refractivity contribution in [2.45, 2.75) is 20.5 Å². The van der Waals surface area contributed by atoms with Gasteiger partial charge in [0.25, 0.3) is 11.8 Å². The molecular formula is C31H25ClN2O5. The summed E-state index contributed by atoms with van der Waals surface area (Å²) in [5.41, 5.74) is 2.45. The van der Waals surface area contributed by atoms with Gasteiger partial charge >= 0.3 is 6.03 Å². The summed E-state index contributed by atoms with van der Waals surface area (Å²) in [6.07, 6.45) is 1.38. The van der Waals surface area contributed by atoms with Gasteiger partial charge in [0.15, 0.2) is 11.5 Å². The molecule has 1 aliphatic heterocycles. The molecular weight excluding hydrogens is 516 g/mol. The van der Waals surface area contributed by atoms with Crippen LogP contribution in [0.3, 0.4) is 0 Å². The lowest BCUT2D eigenvalue weighted by Gasteiger charge is -2.26. The minimum atomic E-state index is -0.807. The molecule has 1 fully saturated rings. The van der Waals surface area contributed by atoms with Gasteiger partial charge in [-0.1, -0.05) is 66.2 Å². The molecule has 0 unspecified atom stereocenters. The third-order valence-electron chi connectivity index (χ3n) is 6.26. The molecule has 1 saturated heterocycles. The first-order chi connectivity index (χ1) is 18.9. The minimum Gasteiger partial charge on any atom is -0.490 e. The van der Waals surface area contributed by atoms with Crippen LogP contribution in [0.5, 0.6) is 11.5 Å². The molecule has 196 valence electrons. The van der Waals surface area contributed by atoms with Gasteiger partial charge in [0.2, 0.25) is 0 Å². The number of carbonyl (C=O) groups excluding carboxylic acids is 3. The summed E-state index contributed by atoms with van der Waals surface area (Å²) in [5, 5.41) is 4.67. The van der Waals surface area contributed by atoms with Crippen LogP contribution in [0, 0.1) is 6.92 Å². The molecule has 4 aromatic carbocycles. The van der Waals surface area contributed by atoms with E-state index in [-0.39, 0.29) is 17.2 Å². The van der Waals surface area contributed by atoms with Crippen molar-refractivity contribution in [3.8, 4) is 11.5 Å². The zero-order valence-corrected chi connectivity index (χ0v) is 22.1. The SMILES string of the molecule is CCOc1cc(/C=C2\C(=O)NC(=O)N(c3cccc(C)c3)C2=O)cc(Cl)c1OCc1cccc2ccccc12. The van der Waals surface area contributed by atoms with Gasteiger partial charge in [-0.2, -0.15) is 0 Å². The Balaban J connectivity index is 1.47. The van der Waals surface area contributed by atoms with E-state index >= 15 is 0 Å². The molecule has 1 N–H and O–H groups in total. The Hall–Kier alpha value is -4.62. The van der Waals surface area contributed by atoms with E-state index in [1.165, 1.54) is 6.08 Å². The summed E-state index contributed by atoms with van der Waals surface area (Å²) < 4.78 is 11.9. The van der Waals surface area contributed by atoms with Gasteiger partial charge in [-0.25, -0.2) is 9.69 Å². The molecule has 5 rings (SSSR count). The quantitative estimate of drug-likeness (QED) is 0.215. The fourth-order valence-corrected chi connectivity index (χ4v) is 4.74. The van der Waals surface area contributed by atoms with Crippen molar-refractivity contribution in [2.24, 2.45) is 0 Å². The Morgan fingerprint density at radius 3 is 2.49 bits per heavy atom. The van der Waals surface area contributed by atoms with Gasteiger partial charge in [0.05, 0.1) is 17.3 Å². The monoisotopic (exact) mass is 540 g/mol. The van der Waals surface area contributed by atoms with Crippen LogP contribution in [-0.2, 0) is 16.2 Å². The summed E-state index contributed by atoms with van der Waals surface area (Å²) >= 11 is 6.63. The number of anilines is 1. The number of fused-ring (bicyclic) bond motifs is 1. The van der Waals surface area contributed by atoms with Crippen molar-refractivity contribution in [1.29, 1.82) is 0 Å². The normalized spacial score (nSPS) is 14.6. The predicted octanol–water partition coefficient (Wildman–Crippen LogP) is 6.45. The zero-order chi connectivity index (χ0) is 27.5. The Labute approximate surface area is 230 Å². The summed E-state index contributed by atoms with van der Waals surface area (Å²) in [7, 11) is 0. The molecule has 4 aromatic rings. The fraction of sp³-hybridized carbons (Fsp3) is 0.129. The number of barbiturate groups is 1. The smallest absolute Gasteiger partial charge is 0.335 e. The molecule has 7 nitrogen and oxygen atoms in total. The number of halogens is 1. The Morgan fingerprint density at radius 2 is 1.69 bits per heavy atom. The molecule has 39 heavy (non-hydrogen) atoms. The van der Waals surface area contributed by atoms with Gasteiger partial charge < -0.3 is 9.47 Å². The van der Waals surface area contributed by atoms with Crippen molar-refractivity contribution < 1.29 is 23.9 Å². The fourth-order valence-electron chi connectivity index (χ4n) is 4.47. The van der Waals surface area contributed by atoms with Crippen LogP contribution in [0.25, 0.3) is 16.8 Å². The third kappa shape index (κ3) is 5.35. The highest BCUT2D eigenvalue weighted by molar-refractivity contribution is 6.39.